The molecular weight excluding hydrogens is 354 g/mol. The van der Waals surface area contributed by atoms with E-state index in [0.29, 0.717) is 29.5 Å². The van der Waals surface area contributed by atoms with Crippen LogP contribution in [-0.2, 0) is 13.1 Å². The topological polar surface area (TPSA) is 92.9 Å². The van der Waals surface area contributed by atoms with Crippen molar-refractivity contribution < 1.29 is 9.90 Å². The van der Waals surface area contributed by atoms with E-state index in [9.17, 15) is 4.79 Å². The predicted octanol–water partition coefficient (Wildman–Crippen LogP) is 2.92. The third-order valence-corrected chi connectivity index (χ3v) is 4.04. The van der Waals surface area contributed by atoms with Gasteiger partial charge in [-0.3, -0.25) is 9.55 Å². The minimum absolute atomic E-state index is 0.229. The molecule has 8 heteroatoms. The van der Waals surface area contributed by atoms with Gasteiger partial charge in [-0.2, -0.15) is 0 Å². The van der Waals surface area contributed by atoms with Crippen LogP contribution in [0.15, 0.2) is 36.4 Å². The van der Waals surface area contributed by atoms with Crippen LogP contribution >= 0.6 is 11.6 Å². The maximum Gasteiger partial charge on any atom is 0.335 e. The monoisotopic (exact) mass is 371 g/mol. The SMILES string of the molecule is Cc1cc(C(=O)O)cc(CNCc2nnc(C)n2-c2cccc(Cl)c2)n1. The smallest absolute Gasteiger partial charge is 0.335 e. The Labute approximate surface area is 155 Å². The van der Waals surface area contributed by atoms with E-state index < -0.39 is 5.97 Å². The standard InChI is InChI=1S/C18H18ClN5O2/c1-11-6-13(18(25)26)7-15(21-11)9-20-10-17-23-22-12(2)24(17)16-5-3-4-14(19)8-16/h3-8,20H,9-10H2,1-2H3,(H,25,26). The van der Waals surface area contributed by atoms with Crippen LogP contribution in [0.5, 0.6) is 0 Å². The fourth-order valence-corrected chi connectivity index (χ4v) is 2.91. The molecule has 7 nitrogen and oxygen atoms in total. The van der Waals surface area contributed by atoms with Crippen LogP contribution in [0.2, 0.25) is 5.02 Å². The molecule has 0 unspecified atom stereocenters. The van der Waals surface area contributed by atoms with E-state index in [1.54, 1.807) is 19.1 Å². The number of halogens is 1. The van der Waals surface area contributed by atoms with Crippen LogP contribution in [0.3, 0.4) is 0 Å². The summed E-state index contributed by atoms with van der Waals surface area (Å²) in [5.74, 6) is 0.523. The summed E-state index contributed by atoms with van der Waals surface area (Å²) in [7, 11) is 0. The lowest BCUT2D eigenvalue weighted by molar-refractivity contribution is 0.0696. The van der Waals surface area contributed by atoms with Gasteiger partial charge in [-0.15, -0.1) is 10.2 Å². The number of hydrogen-bond acceptors (Lipinski definition) is 5. The van der Waals surface area contributed by atoms with E-state index in [1.807, 2.05) is 35.8 Å². The zero-order valence-corrected chi connectivity index (χ0v) is 15.2. The Hall–Kier alpha value is -2.77. The number of aryl methyl sites for hydroxylation is 2. The summed E-state index contributed by atoms with van der Waals surface area (Å²) >= 11 is 6.08. The number of carboxylic acids is 1. The second-order valence-corrected chi connectivity index (χ2v) is 6.31. The van der Waals surface area contributed by atoms with Gasteiger partial charge in [0.2, 0.25) is 0 Å². The first-order chi connectivity index (χ1) is 12.4. The number of pyridine rings is 1. The fourth-order valence-electron chi connectivity index (χ4n) is 2.73. The molecule has 2 heterocycles. The molecule has 0 aliphatic heterocycles. The highest BCUT2D eigenvalue weighted by Crippen LogP contribution is 2.17. The Morgan fingerprint density at radius 2 is 2.00 bits per heavy atom. The Bertz CT molecular complexity index is 955. The van der Waals surface area contributed by atoms with Gasteiger partial charge in [0.15, 0.2) is 5.82 Å². The molecule has 0 fully saturated rings. The minimum Gasteiger partial charge on any atom is -0.478 e. The number of hydrogen-bond donors (Lipinski definition) is 2. The molecule has 2 N–H and O–H groups in total. The number of nitrogens with zero attached hydrogens (tertiary/aromatic N) is 4. The zero-order chi connectivity index (χ0) is 18.7. The molecule has 0 aliphatic rings. The molecule has 0 saturated heterocycles. The summed E-state index contributed by atoms with van der Waals surface area (Å²) in [6, 6.07) is 10.6. The van der Waals surface area contributed by atoms with E-state index in [-0.39, 0.29) is 5.56 Å². The lowest BCUT2D eigenvalue weighted by Gasteiger charge is -2.10. The van der Waals surface area contributed by atoms with Crippen molar-refractivity contribution in [2.45, 2.75) is 26.9 Å². The number of nitrogens with one attached hydrogen (secondary N) is 1. The molecule has 134 valence electrons. The van der Waals surface area contributed by atoms with E-state index in [0.717, 1.165) is 17.3 Å². The van der Waals surface area contributed by atoms with Gasteiger partial charge in [-0.25, -0.2) is 4.79 Å². The highest BCUT2D eigenvalue weighted by molar-refractivity contribution is 6.30. The van der Waals surface area contributed by atoms with Crippen molar-refractivity contribution in [2.24, 2.45) is 0 Å². The molecule has 0 saturated carbocycles. The average Bonchev–Trinajstić information content (AvgIpc) is 2.95. The van der Waals surface area contributed by atoms with Gasteiger partial charge < -0.3 is 10.4 Å². The number of carbonyl (C=O) groups is 1. The molecule has 0 spiro atoms. The Morgan fingerprint density at radius 1 is 1.19 bits per heavy atom. The summed E-state index contributed by atoms with van der Waals surface area (Å²) < 4.78 is 1.92. The van der Waals surface area contributed by atoms with E-state index in [4.69, 9.17) is 16.7 Å². The van der Waals surface area contributed by atoms with E-state index in [1.165, 1.54) is 0 Å². The lowest BCUT2D eigenvalue weighted by Crippen LogP contribution is -2.18. The average molecular weight is 372 g/mol. The number of benzene rings is 1. The normalized spacial score (nSPS) is 10.9. The van der Waals surface area contributed by atoms with E-state index >= 15 is 0 Å². The van der Waals surface area contributed by atoms with Crippen LogP contribution in [0.4, 0.5) is 0 Å². The molecule has 0 amide bonds. The fraction of sp³-hybridized carbons (Fsp3) is 0.222. The second-order valence-electron chi connectivity index (χ2n) is 5.88. The maximum absolute atomic E-state index is 11.2. The Balaban J connectivity index is 1.75. The van der Waals surface area contributed by atoms with Crippen molar-refractivity contribution in [1.29, 1.82) is 0 Å². The molecule has 26 heavy (non-hydrogen) atoms. The van der Waals surface area contributed by atoms with Gasteiger partial charge in [0, 0.05) is 17.3 Å². The van der Waals surface area contributed by atoms with Crippen LogP contribution in [0, 0.1) is 13.8 Å². The summed E-state index contributed by atoms with van der Waals surface area (Å²) in [5, 5.41) is 21.4. The molecule has 0 atom stereocenters. The quantitative estimate of drug-likeness (QED) is 0.692. The summed E-state index contributed by atoms with van der Waals surface area (Å²) in [5.41, 5.74) is 2.44. The summed E-state index contributed by atoms with van der Waals surface area (Å²) in [6.45, 7) is 4.52. The van der Waals surface area contributed by atoms with Crippen LogP contribution in [0.1, 0.15) is 33.4 Å². The van der Waals surface area contributed by atoms with Gasteiger partial charge in [-0.05, 0) is 44.2 Å². The van der Waals surface area contributed by atoms with Gasteiger partial charge >= 0.3 is 5.97 Å². The van der Waals surface area contributed by atoms with Crippen LogP contribution < -0.4 is 5.32 Å². The molecule has 0 bridgehead atoms. The van der Waals surface area contributed by atoms with Gasteiger partial charge in [0.1, 0.15) is 5.82 Å². The molecular formula is C18H18ClN5O2. The van der Waals surface area contributed by atoms with Gasteiger partial charge in [-0.1, -0.05) is 17.7 Å². The highest BCUT2D eigenvalue weighted by Gasteiger charge is 2.12. The van der Waals surface area contributed by atoms with Crippen molar-refractivity contribution >= 4 is 17.6 Å². The molecule has 3 aromatic rings. The third kappa shape index (κ3) is 4.07. The lowest BCUT2D eigenvalue weighted by atomic mass is 10.2. The third-order valence-electron chi connectivity index (χ3n) is 3.80. The number of aromatic carboxylic acids is 1. The molecule has 3 rings (SSSR count). The first kappa shape index (κ1) is 18.0. The first-order valence-electron chi connectivity index (χ1n) is 8.02. The van der Waals surface area contributed by atoms with E-state index in [2.05, 4.69) is 20.5 Å². The van der Waals surface area contributed by atoms with Crippen molar-refractivity contribution in [3.05, 3.63) is 70.0 Å². The zero-order valence-electron chi connectivity index (χ0n) is 14.4. The molecule has 0 aliphatic carbocycles. The maximum atomic E-state index is 11.2. The number of aromatic nitrogens is 4. The van der Waals surface area contributed by atoms with Crippen molar-refractivity contribution in [2.75, 3.05) is 0 Å². The van der Waals surface area contributed by atoms with Crippen LogP contribution in [0.25, 0.3) is 5.69 Å². The van der Waals surface area contributed by atoms with Crippen molar-refractivity contribution in [3.8, 4) is 5.69 Å². The molecule has 0 radical (unpaired) electrons. The minimum atomic E-state index is -0.965. The van der Waals surface area contributed by atoms with Crippen molar-refractivity contribution in [3.63, 3.8) is 0 Å². The molecule has 2 aromatic heterocycles. The Morgan fingerprint density at radius 3 is 2.73 bits per heavy atom. The van der Waals surface area contributed by atoms with Crippen LogP contribution in [-0.4, -0.2) is 30.8 Å². The first-order valence-corrected chi connectivity index (χ1v) is 8.40. The number of rotatable bonds is 6. The summed E-state index contributed by atoms with van der Waals surface area (Å²) in [4.78, 5) is 15.5. The van der Waals surface area contributed by atoms with Gasteiger partial charge in [0.05, 0.1) is 23.5 Å². The van der Waals surface area contributed by atoms with Gasteiger partial charge in [0.25, 0.3) is 0 Å². The van der Waals surface area contributed by atoms with Crippen molar-refractivity contribution in [1.82, 2.24) is 25.1 Å². The Kier molecular flexibility index (Phi) is 5.29. The number of carboxylic acid groups (broad SMARTS) is 1. The predicted molar refractivity (Wildman–Crippen MR) is 97.6 cm³/mol. The second kappa shape index (κ2) is 7.63. The molecule has 1 aromatic carbocycles. The summed E-state index contributed by atoms with van der Waals surface area (Å²) in [6.07, 6.45) is 0. The highest BCUT2D eigenvalue weighted by atomic mass is 35.5. The largest absolute Gasteiger partial charge is 0.478 e.